The van der Waals surface area contributed by atoms with E-state index in [0.29, 0.717) is 10.8 Å². The van der Waals surface area contributed by atoms with Gasteiger partial charge in [-0.25, -0.2) is 0 Å². The Kier molecular flexibility index (Phi) is 1.83. The van der Waals surface area contributed by atoms with Gasteiger partial charge in [-0.3, -0.25) is 0 Å². The number of nitrogens with two attached hydrogens (primary N) is 1. The molecule has 0 radical (unpaired) electrons. The molecule has 0 aromatic heterocycles. The summed E-state index contributed by atoms with van der Waals surface area (Å²) >= 11 is 0. The number of hydrogen-bond donors (Lipinski definition) is 1. The SMILES string of the molecule is CCC1(C(C)(C)C2(N)CC2)CCC1. The van der Waals surface area contributed by atoms with E-state index in [2.05, 4.69) is 20.8 Å². The van der Waals surface area contributed by atoms with Crippen LogP contribution >= 0.6 is 0 Å². The summed E-state index contributed by atoms with van der Waals surface area (Å²) in [5.41, 5.74) is 7.53. The molecule has 1 nitrogen and oxygen atoms in total. The zero-order chi connectivity index (χ0) is 9.74. The summed E-state index contributed by atoms with van der Waals surface area (Å²) in [6.45, 7) is 7.15. The molecule has 2 aliphatic carbocycles. The Labute approximate surface area is 82.1 Å². The topological polar surface area (TPSA) is 26.0 Å². The van der Waals surface area contributed by atoms with Gasteiger partial charge in [-0.15, -0.1) is 0 Å². The first-order chi connectivity index (χ1) is 5.97. The fourth-order valence-electron chi connectivity index (χ4n) is 3.31. The molecule has 0 heterocycles. The van der Waals surface area contributed by atoms with Crippen molar-refractivity contribution in [1.29, 1.82) is 0 Å². The van der Waals surface area contributed by atoms with Gasteiger partial charge < -0.3 is 5.73 Å². The first-order valence-corrected chi connectivity index (χ1v) is 5.76. The minimum atomic E-state index is 0.184. The minimum absolute atomic E-state index is 0.184. The van der Waals surface area contributed by atoms with E-state index in [1.807, 2.05) is 0 Å². The molecule has 0 aromatic carbocycles. The monoisotopic (exact) mass is 181 g/mol. The van der Waals surface area contributed by atoms with Crippen LogP contribution in [0.4, 0.5) is 0 Å². The van der Waals surface area contributed by atoms with Gasteiger partial charge in [0, 0.05) is 5.54 Å². The molecule has 76 valence electrons. The first-order valence-electron chi connectivity index (χ1n) is 5.76. The van der Waals surface area contributed by atoms with Crippen LogP contribution in [0.1, 0.15) is 59.3 Å². The molecule has 0 saturated heterocycles. The van der Waals surface area contributed by atoms with Gasteiger partial charge in [0.1, 0.15) is 0 Å². The van der Waals surface area contributed by atoms with Crippen molar-refractivity contribution < 1.29 is 0 Å². The quantitative estimate of drug-likeness (QED) is 0.711. The molecule has 0 aliphatic heterocycles. The summed E-state index contributed by atoms with van der Waals surface area (Å²) in [7, 11) is 0. The van der Waals surface area contributed by atoms with Crippen LogP contribution < -0.4 is 5.73 Å². The second kappa shape index (κ2) is 2.50. The van der Waals surface area contributed by atoms with Crippen molar-refractivity contribution >= 4 is 0 Å². The van der Waals surface area contributed by atoms with E-state index in [0.717, 1.165) is 0 Å². The number of rotatable bonds is 3. The molecular weight excluding hydrogens is 158 g/mol. The van der Waals surface area contributed by atoms with Crippen LogP contribution in [0.5, 0.6) is 0 Å². The van der Waals surface area contributed by atoms with E-state index in [1.165, 1.54) is 38.5 Å². The van der Waals surface area contributed by atoms with Crippen molar-refractivity contribution in [1.82, 2.24) is 0 Å². The van der Waals surface area contributed by atoms with Gasteiger partial charge in [0.15, 0.2) is 0 Å². The zero-order valence-electron chi connectivity index (χ0n) is 9.32. The lowest BCUT2D eigenvalue weighted by molar-refractivity contribution is -0.0448. The highest BCUT2D eigenvalue weighted by atomic mass is 14.9. The van der Waals surface area contributed by atoms with Crippen molar-refractivity contribution in [3.63, 3.8) is 0 Å². The third-order valence-corrected chi connectivity index (χ3v) is 5.35. The third-order valence-electron chi connectivity index (χ3n) is 5.35. The van der Waals surface area contributed by atoms with Gasteiger partial charge in [0.2, 0.25) is 0 Å². The van der Waals surface area contributed by atoms with Gasteiger partial charge in [-0.2, -0.15) is 0 Å². The van der Waals surface area contributed by atoms with E-state index in [9.17, 15) is 0 Å². The average molecular weight is 181 g/mol. The molecule has 0 amide bonds. The van der Waals surface area contributed by atoms with Crippen molar-refractivity contribution in [3.05, 3.63) is 0 Å². The van der Waals surface area contributed by atoms with Gasteiger partial charge in [-0.05, 0) is 42.9 Å². The predicted molar refractivity (Wildman–Crippen MR) is 56.5 cm³/mol. The van der Waals surface area contributed by atoms with Crippen molar-refractivity contribution in [2.75, 3.05) is 0 Å². The zero-order valence-corrected chi connectivity index (χ0v) is 9.32. The smallest absolute Gasteiger partial charge is 0.0212 e. The second-order valence-electron chi connectivity index (χ2n) is 5.77. The highest BCUT2D eigenvalue weighted by Gasteiger charge is 2.61. The van der Waals surface area contributed by atoms with Gasteiger partial charge in [0.25, 0.3) is 0 Å². The summed E-state index contributed by atoms with van der Waals surface area (Å²) in [5, 5.41) is 0. The van der Waals surface area contributed by atoms with E-state index in [-0.39, 0.29) is 5.54 Å². The first kappa shape index (κ1) is 9.51. The van der Waals surface area contributed by atoms with Gasteiger partial charge in [0.05, 0.1) is 0 Å². The van der Waals surface area contributed by atoms with Crippen LogP contribution in [0.3, 0.4) is 0 Å². The standard InChI is InChI=1S/C12H23N/c1-4-11(6-5-7-11)10(2,3)12(13)8-9-12/h4-9,13H2,1-3H3. The lowest BCUT2D eigenvalue weighted by Gasteiger charge is -2.56. The summed E-state index contributed by atoms with van der Waals surface area (Å²) in [6.07, 6.45) is 8.07. The van der Waals surface area contributed by atoms with E-state index in [4.69, 9.17) is 5.73 Å². The average Bonchev–Trinajstić information content (AvgIpc) is 2.67. The second-order valence-corrected chi connectivity index (χ2v) is 5.77. The lowest BCUT2D eigenvalue weighted by atomic mass is 9.50. The Balaban J connectivity index is 2.21. The molecule has 2 aliphatic rings. The lowest BCUT2D eigenvalue weighted by Crippen LogP contribution is -2.54. The third kappa shape index (κ3) is 1.03. The maximum Gasteiger partial charge on any atom is 0.0212 e. The number of hydrogen-bond acceptors (Lipinski definition) is 1. The fourth-order valence-corrected chi connectivity index (χ4v) is 3.31. The summed E-state index contributed by atoms with van der Waals surface area (Å²) in [6, 6.07) is 0. The van der Waals surface area contributed by atoms with Gasteiger partial charge in [-0.1, -0.05) is 27.2 Å². The van der Waals surface area contributed by atoms with Crippen molar-refractivity contribution in [2.45, 2.75) is 64.8 Å². The summed E-state index contributed by atoms with van der Waals surface area (Å²) in [4.78, 5) is 0. The molecule has 0 atom stereocenters. The Morgan fingerprint density at radius 2 is 1.69 bits per heavy atom. The maximum atomic E-state index is 6.40. The van der Waals surface area contributed by atoms with Crippen molar-refractivity contribution in [2.24, 2.45) is 16.6 Å². The van der Waals surface area contributed by atoms with E-state index < -0.39 is 0 Å². The molecule has 2 rings (SSSR count). The van der Waals surface area contributed by atoms with Crippen LogP contribution in [-0.2, 0) is 0 Å². The normalized spacial score (nSPS) is 29.5. The van der Waals surface area contributed by atoms with Crippen LogP contribution in [0, 0.1) is 10.8 Å². The van der Waals surface area contributed by atoms with Crippen LogP contribution in [-0.4, -0.2) is 5.54 Å². The van der Waals surface area contributed by atoms with E-state index >= 15 is 0 Å². The van der Waals surface area contributed by atoms with Crippen LogP contribution in [0.25, 0.3) is 0 Å². The largest absolute Gasteiger partial charge is 0.325 e. The van der Waals surface area contributed by atoms with E-state index in [1.54, 1.807) is 0 Å². The highest BCUT2D eigenvalue weighted by molar-refractivity contribution is 5.16. The molecule has 2 fully saturated rings. The highest BCUT2D eigenvalue weighted by Crippen LogP contribution is 2.65. The molecule has 2 saturated carbocycles. The molecule has 2 N–H and O–H groups in total. The van der Waals surface area contributed by atoms with Gasteiger partial charge >= 0.3 is 0 Å². The Morgan fingerprint density at radius 3 is 1.92 bits per heavy atom. The van der Waals surface area contributed by atoms with Crippen molar-refractivity contribution in [3.8, 4) is 0 Å². The Hall–Kier alpha value is -0.0400. The maximum absolute atomic E-state index is 6.40. The summed E-state index contributed by atoms with van der Waals surface area (Å²) in [5.74, 6) is 0. The molecule has 1 heteroatoms. The molecule has 0 unspecified atom stereocenters. The molecule has 0 spiro atoms. The summed E-state index contributed by atoms with van der Waals surface area (Å²) < 4.78 is 0. The Bertz CT molecular complexity index is 204. The Morgan fingerprint density at radius 1 is 1.15 bits per heavy atom. The molecule has 0 aromatic rings. The van der Waals surface area contributed by atoms with Crippen LogP contribution in [0.15, 0.2) is 0 Å². The molecule has 13 heavy (non-hydrogen) atoms. The fraction of sp³-hybridized carbons (Fsp3) is 1.00. The minimum Gasteiger partial charge on any atom is -0.325 e. The molecular formula is C12H23N. The van der Waals surface area contributed by atoms with Crippen LogP contribution in [0.2, 0.25) is 0 Å². The predicted octanol–water partition coefficient (Wildman–Crippen LogP) is 3.08. The molecule has 0 bridgehead atoms.